The number of ether oxygens (including phenoxy) is 7. The molecule has 2 aliphatic rings. The summed E-state index contributed by atoms with van der Waals surface area (Å²) in [5.41, 5.74) is 1.40. The molecule has 0 aromatic heterocycles. The molecule has 0 saturated carbocycles. The molecule has 0 radical (unpaired) electrons. The SMILES string of the molecule is COc1cc(OC)c2c(c1)O[C@H](c1ccc(OC)c(OC)c1)[C@H](O[C@@H]1O[C@H](CO)[C@@H](O)[C@H](O)[C@H]1O)C2. The van der Waals surface area contributed by atoms with Gasteiger partial charge in [0.05, 0.1) is 35.0 Å². The molecule has 1 fully saturated rings. The van der Waals surface area contributed by atoms with Crippen molar-refractivity contribution in [3.8, 4) is 28.7 Å². The van der Waals surface area contributed by atoms with E-state index in [1.165, 1.54) is 21.3 Å². The Morgan fingerprint density at radius 3 is 2.19 bits per heavy atom. The van der Waals surface area contributed by atoms with Gasteiger partial charge in [0, 0.05) is 24.1 Å². The second-order valence-corrected chi connectivity index (χ2v) is 8.54. The molecule has 1 saturated heterocycles. The third-order valence-corrected chi connectivity index (χ3v) is 6.49. The zero-order valence-corrected chi connectivity index (χ0v) is 20.5. The lowest BCUT2D eigenvalue weighted by Gasteiger charge is -2.43. The second kappa shape index (κ2) is 11.1. The summed E-state index contributed by atoms with van der Waals surface area (Å²) in [6.45, 7) is -0.568. The van der Waals surface area contributed by atoms with Gasteiger partial charge in [0.25, 0.3) is 0 Å². The molecule has 0 amide bonds. The van der Waals surface area contributed by atoms with Crippen molar-refractivity contribution in [2.45, 2.75) is 49.3 Å². The fraction of sp³-hybridized carbons (Fsp3) is 0.520. The molecule has 4 N–H and O–H groups in total. The first-order chi connectivity index (χ1) is 17.3. The van der Waals surface area contributed by atoms with E-state index in [0.717, 1.165) is 0 Å². The van der Waals surface area contributed by atoms with Crippen molar-refractivity contribution in [1.29, 1.82) is 0 Å². The van der Waals surface area contributed by atoms with Crippen LogP contribution in [0.25, 0.3) is 0 Å². The molecule has 36 heavy (non-hydrogen) atoms. The second-order valence-electron chi connectivity index (χ2n) is 8.54. The van der Waals surface area contributed by atoms with Gasteiger partial charge < -0.3 is 53.6 Å². The Hall–Kier alpha value is -2.80. The molecular formula is C25H32O11. The van der Waals surface area contributed by atoms with Crippen LogP contribution in [0.4, 0.5) is 0 Å². The van der Waals surface area contributed by atoms with Crippen LogP contribution in [0.2, 0.25) is 0 Å². The Bertz CT molecular complexity index is 1040. The summed E-state index contributed by atoms with van der Waals surface area (Å²) in [7, 11) is 6.13. The van der Waals surface area contributed by atoms with Gasteiger partial charge >= 0.3 is 0 Å². The fourth-order valence-electron chi connectivity index (χ4n) is 4.51. The number of fused-ring (bicyclic) bond motifs is 1. The van der Waals surface area contributed by atoms with Crippen LogP contribution in [0, 0.1) is 0 Å². The highest BCUT2D eigenvalue weighted by molar-refractivity contribution is 5.53. The molecule has 2 aromatic rings. The van der Waals surface area contributed by atoms with E-state index in [-0.39, 0.29) is 6.42 Å². The lowest BCUT2D eigenvalue weighted by Crippen LogP contribution is -2.60. The molecule has 0 bridgehead atoms. The molecule has 0 spiro atoms. The summed E-state index contributed by atoms with van der Waals surface area (Å²) in [5.74, 6) is 2.62. The standard InChI is InChI=1S/C25H32O11/c1-30-13-8-16(32-3)14-10-19(35-25-23(29)22(28)21(27)20(11-26)36-25)24(34-17(14)9-13)12-5-6-15(31-2)18(7-12)33-4/h5-9,19-29H,10-11H2,1-4H3/t19-,20-,21-,22+,23-,24-,25-/m1/s1. The molecule has 4 rings (SSSR count). The van der Waals surface area contributed by atoms with Crippen molar-refractivity contribution in [3.63, 3.8) is 0 Å². The van der Waals surface area contributed by atoms with Gasteiger partial charge in [0.15, 0.2) is 23.9 Å². The van der Waals surface area contributed by atoms with E-state index in [1.807, 2.05) is 0 Å². The van der Waals surface area contributed by atoms with Crippen molar-refractivity contribution >= 4 is 0 Å². The van der Waals surface area contributed by atoms with E-state index >= 15 is 0 Å². The molecule has 7 atom stereocenters. The van der Waals surface area contributed by atoms with E-state index in [2.05, 4.69) is 0 Å². The van der Waals surface area contributed by atoms with Gasteiger partial charge in [-0.3, -0.25) is 0 Å². The summed E-state index contributed by atoms with van der Waals surface area (Å²) in [5, 5.41) is 40.5. The third-order valence-electron chi connectivity index (χ3n) is 6.49. The molecule has 2 heterocycles. The van der Waals surface area contributed by atoms with Crippen LogP contribution in [0.15, 0.2) is 30.3 Å². The molecule has 11 nitrogen and oxygen atoms in total. The van der Waals surface area contributed by atoms with Gasteiger partial charge in [0.2, 0.25) is 0 Å². The Morgan fingerprint density at radius 2 is 1.56 bits per heavy atom. The monoisotopic (exact) mass is 508 g/mol. The molecule has 198 valence electrons. The van der Waals surface area contributed by atoms with Crippen LogP contribution in [0.3, 0.4) is 0 Å². The van der Waals surface area contributed by atoms with E-state index < -0.39 is 49.5 Å². The van der Waals surface area contributed by atoms with Crippen molar-refractivity contribution in [2.24, 2.45) is 0 Å². The highest BCUT2D eigenvalue weighted by atomic mass is 16.7. The minimum absolute atomic E-state index is 0.288. The normalized spacial score (nSPS) is 29.6. The first-order valence-electron chi connectivity index (χ1n) is 11.4. The van der Waals surface area contributed by atoms with Crippen LogP contribution >= 0.6 is 0 Å². The maximum Gasteiger partial charge on any atom is 0.187 e. The molecule has 0 aliphatic carbocycles. The van der Waals surface area contributed by atoms with Crippen LogP contribution in [0.1, 0.15) is 17.2 Å². The molecular weight excluding hydrogens is 476 g/mol. The lowest BCUT2D eigenvalue weighted by molar-refractivity contribution is -0.317. The molecule has 2 aromatic carbocycles. The summed E-state index contributed by atoms with van der Waals surface area (Å²) >= 11 is 0. The lowest BCUT2D eigenvalue weighted by atomic mass is 9.93. The Labute approximate surface area is 208 Å². The summed E-state index contributed by atoms with van der Waals surface area (Å²) in [6.07, 6.45) is -8.24. The summed E-state index contributed by atoms with van der Waals surface area (Å²) < 4.78 is 39.9. The van der Waals surface area contributed by atoms with E-state index in [9.17, 15) is 20.4 Å². The van der Waals surface area contributed by atoms with Crippen LogP contribution in [0.5, 0.6) is 28.7 Å². The van der Waals surface area contributed by atoms with E-state index in [0.29, 0.717) is 39.9 Å². The maximum absolute atomic E-state index is 10.6. The average molecular weight is 509 g/mol. The minimum Gasteiger partial charge on any atom is -0.496 e. The van der Waals surface area contributed by atoms with Gasteiger partial charge in [-0.05, 0) is 17.7 Å². The average Bonchev–Trinajstić information content (AvgIpc) is 2.91. The predicted molar refractivity (Wildman–Crippen MR) is 125 cm³/mol. The maximum atomic E-state index is 10.6. The molecule has 0 unspecified atom stereocenters. The van der Waals surface area contributed by atoms with Gasteiger partial charge in [-0.1, -0.05) is 6.07 Å². The van der Waals surface area contributed by atoms with Crippen LogP contribution < -0.4 is 23.7 Å². The van der Waals surface area contributed by atoms with Crippen LogP contribution in [-0.2, 0) is 15.9 Å². The number of hydrogen-bond donors (Lipinski definition) is 4. The number of methoxy groups -OCH3 is 4. The highest BCUT2D eigenvalue weighted by Gasteiger charge is 2.46. The number of aliphatic hydroxyl groups is 4. The van der Waals surface area contributed by atoms with Gasteiger partial charge in [0.1, 0.15) is 47.8 Å². The molecule has 2 aliphatic heterocycles. The topological polar surface area (TPSA) is 146 Å². The summed E-state index contributed by atoms with van der Waals surface area (Å²) in [6, 6.07) is 8.78. The Kier molecular flexibility index (Phi) is 8.08. The zero-order chi connectivity index (χ0) is 26.0. The third kappa shape index (κ3) is 4.90. The first kappa shape index (κ1) is 26.3. The van der Waals surface area contributed by atoms with Gasteiger partial charge in [-0.2, -0.15) is 0 Å². The Balaban J connectivity index is 1.73. The van der Waals surface area contributed by atoms with Gasteiger partial charge in [-0.15, -0.1) is 0 Å². The minimum atomic E-state index is -1.57. The zero-order valence-electron chi connectivity index (χ0n) is 20.5. The number of rotatable bonds is 8. The Morgan fingerprint density at radius 1 is 0.833 bits per heavy atom. The largest absolute Gasteiger partial charge is 0.496 e. The molecule has 11 heteroatoms. The van der Waals surface area contributed by atoms with E-state index in [1.54, 1.807) is 37.4 Å². The smallest absolute Gasteiger partial charge is 0.187 e. The van der Waals surface area contributed by atoms with E-state index in [4.69, 9.17) is 33.2 Å². The number of benzene rings is 2. The van der Waals surface area contributed by atoms with Crippen molar-refractivity contribution < 1.29 is 53.6 Å². The van der Waals surface area contributed by atoms with Crippen molar-refractivity contribution in [1.82, 2.24) is 0 Å². The predicted octanol–water partition coefficient (Wildman–Crippen LogP) is 0.582. The van der Waals surface area contributed by atoms with Gasteiger partial charge in [-0.25, -0.2) is 0 Å². The highest BCUT2D eigenvalue weighted by Crippen LogP contribution is 2.45. The number of aliphatic hydroxyl groups excluding tert-OH is 4. The summed E-state index contributed by atoms with van der Waals surface area (Å²) in [4.78, 5) is 0. The fourth-order valence-corrected chi connectivity index (χ4v) is 4.51. The van der Waals surface area contributed by atoms with Crippen molar-refractivity contribution in [3.05, 3.63) is 41.5 Å². The number of hydrogen-bond acceptors (Lipinski definition) is 11. The van der Waals surface area contributed by atoms with Crippen molar-refractivity contribution in [2.75, 3.05) is 35.0 Å². The first-order valence-corrected chi connectivity index (χ1v) is 11.4. The van der Waals surface area contributed by atoms with Crippen LogP contribution in [-0.4, -0.2) is 92.3 Å². The quantitative estimate of drug-likeness (QED) is 0.397.